The molecule has 72 valence electrons. The average molecular weight is 192 g/mol. The van der Waals surface area contributed by atoms with E-state index in [0.29, 0.717) is 0 Å². The number of carbonyl (C=O) groups excluding carboxylic acids is 1. The van der Waals surface area contributed by atoms with Gasteiger partial charge < -0.3 is 5.11 Å². The summed E-state index contributed by atoms with van der Waals surface area (Å²) in [7, 11) is 0. The number of halogens is 3. The van der Waals surface area contributed by atoms with E-state index in [-0.39, 0.29) is 12.2 Å². The second kappa shape index (κ2) is 3.24. The molecule has 1 aliphatic carbocycles. The van der Waals surface area contributed by atoms with Crippen LogP contribution in [0.3, 0.4) is 0 Å². The van der Waals surface area contributed by atoms with Crippen molar-refractivity contribution in [3.8, 4) is 0 Å². The molecule has 1 atom stereocenters. The van der Waals surface area contributed by atoms with Crippen LogP contribution in [-0.2, 0) is 4.79 Å². The molecule has 0 fully saturated rings. The Balaban J connectivity index is 2.68. The van der Waals surface area contributed by atoms with Crippen LogP contribution in [0, 0.1) is 5.92 Å². The van der Waals surface area contributed by atoms with Crippen LogP contribution in [0.15, 0.2) is 24.0 Å². The van der Waals surface area contributed by atoms with Crippen LogP contribution in [0.4, 0.5) is 13.2 Å². The highest BCUT2D eigenvalue weighted by Crippen LogP contribution is 2.26. The van der Waals surface area contributed by atoms with Crippen molar-refractivity contribution in [2.24, 2.45) is 5.92 Å². The van der Waals surface area contributed by atoms with Crippen LogP contribution in [0.5, 0.6) is 0 Å². The van der Waals surface area contributed by atoms with Gasteiger partial charge in [-0.15, -0.1) is 0 Å². The topological polar surface area (TPSA) is 37.3 Å². The molecule has 0 radical (unpaired) electrons. The zero-order valence-electron chi connectivity index (χ0n) is 6.51. The van der Waals surface area contributed by atoms with Crippen LogP contribution < -0.4 is 0 Å². The van der Waals surface area contributed by atoms with E-state index in [1.54, 1.807) is 0 Å². The number of aliphatic hydroxyl groups excluding tert-OH is 1. The smallest absolute Gasteiger partial charge is 0.450 e. The van der Waals surface area contributed by atoms with Crippen molar-refractivity contribution in [1.82, 2.24) is 0 Å². The third kappa shape index (κ3) is 2.34. The highest BCUT2D eigenvalue weighted by Gasteiger charge is 2.42. The summed E-state index contributed by atoms with van der Waals surface area (Å²) in [5.74, 6) is -3.06. The summed E-state index contributed by atoms with van der Waals surface area (Å²) in [5, 5.41) is 8.79. The molecule has 0 saturated carbocycles. The second-order valence-corrected chi connectivity index (χ2v) is 2.69. The number of allylic oxidation sites excluding steroid dienone is 3. The summed E-state index contributed by atoms with van der Waals surface area (Å²) in [6, 6.07) is 0. The van der Waals surface area contributed by atoms with Crippen molar-refractivity contribution >= 4 is 5.78 Å². The van der Waals surface area contributed by atoms with E-state index in [2.05, 4.69) is 0 Å². The third-order valence-electron chi connectivity index (χ3n) is 1.70. The lowest BCUT2D eigenvalue weighted by Crippen LogP contribution is -2.29. The van der Waals surface area contributed by atoms with E-state index >= 15 is 0 Å². The maximum Gasteiger partial charge on any atom is 0.450 e. The molecule has 0 bridgehead atoms. The molecule has 0 aromatic carbocycles. The van der Waals surface area contributed by atoms with Crippen molar-refractivity contribution < 1.29 is 23.1 Å². The molecule has 0 aliphatic heterocycles. The van der Waals surface area contributed by atoms with Crippen LogP contribution in [-0.4, -0.2) is 17.1 Å². The largest absolute Gasteiger partial charge is 0.508 e. The van der Waals surface area contributed by atoms with Gasteiger partial charge in [0.05, 0.1) is 0 Å². The minimum atomic E-state index is -4.80. The number of ketones is 1. The molecule has 0 saturated heterocycles. The van der Waals surface area contributed by atoms with Crippen LogP contribution in [0.2, 0.25) is 0 Å². The summed E-state index contributed by atoms with van der Waals surface area (Å²) < 4.78 is 35.6. The Kier molecular flexibility index (Phi) is 2.45. The molecule has 1 N–H and O–H groups in total. The second-order valence-electron chi connectivity index (χ2n) is 2.69. The lowest BCUT2D eigenvalue weighted by molar-refractivity contribution is -0.174. The molecular formula is C8H7F3O2. The molecule has 2 nitrogen and oxygen atoms in total. The zero-order valence-corrected chi connectivity index (χ0v) is 6.51. The summed E-state index contributed by atoms with van der Waals surface area (Å²) in [4.78, 5) is 10.6. The molecule has 1 unspecified atom stereocenters. The van der Waals surface area contributed by atoms with E-state index in [1.807, 2.05) is 0 Å². The monoisotopic (exact) mass is 192 g/mol. The third-order valence-corrected chi connectivity index (χ3v) is 1.70. The minimum Gasteiger partial charge on any atom is -0.508 e. The summed E-state index contributed by atoms with van der Waals surface area (Å²) in [6.07, 6.45) is -1.55. The van der Waals surface area contributed by atoms with Crippen LogP contribution in [0.1, 0.15) is 6.42 Å². The van der Waals surface area contributed by atoms with Gasteiger partial charge in [-0.1, -0.05) is 6.08 Å². The fourth-order valence-electron chi connectivity index (χ4n) is 1.01. The maximum atomic E-state index is 11.9. The summed E-state index contributed by atoms with van der Waals surface area (Å²) in [6.45, 7) is 0. The Labute approximate surface area is 72.4 Å². The van der Waals surface area contributed by atoms with Gasteiger partial charge in [0.25, 0.3) is 0 Å². The first-order chi connectivity index (χ1) is 5.91. The fourth-order valence-corrected chi connectivity index (χ4v) is 1.01. The van der Waals surface area contributed by atoms with Crippen LogP contribution >= 0.6 is 0 Å². The van der Waals surface area contributed by atoms with Gasteiger partial charge in [-0.3, -0.25) is 4.79 Å². The molecule has 0 spiro atoms. The Morgan fingerprint density at radius 3 is 2.54 bits per heavy atom. The van der Waals surface area contributed by atoms with E-state index in [0.717, 1.165) is 12.2 Å². The predicted octanol–water partition coefficient (Wildman–Crippen LogP) is 2.14. The lowest BCUT2D eigenvalue weighted by Gasteiger charge is -2.14. The van der Waals surface area contributed by atoms with Crippen molar-refractivity contribution in [3.05, 3.63) is 24.0 Å². The molecule has 5 heteroatoms. The fraction of sp³-hybridized carbons (Fsp3) is 0.375. The van der Waals surface area contributed by atoms with Gasteiger partial charge in [0.15, 0.2) is 0 Å². The van der Waals surface area contributed by atoms with E-state index in [9.17, 15) is 18.0 Å². The van der Waals surface area contributed by atoms with Gasteiger partial charge in [0, 0.05) is 5.92 Å². The quantitative estimate of drug-likeness (QED) is 0.691. The summed E-state index contributed by atoms with van der Waals surface area (Å²) >= 11 is 0. The molecule has 13 heavy (non-hydrogen) atoms. The average Bonchev–Trinajstić information content (AvgIpc) is 2.03. The number of aliphatic hydroxyl groups is 1. The van der Waals surface area contributed by atoms with Gasteiger partial charge in [-0.2, -0.15) is 13.2 Å². The van der Waals surface area contributed by atoms with Gasteiger partial charge in [0.1, 0.15) is 5.76 Å². The molecule has 1 aliphatic rings. The van der Waals surface area contributed by atoms with Crippen molar-refractivity contribution in [3.63, 3.8) is 0 Å². The Bertz CT molecular complexity index is 276. The first-order valence-electron chi connectivity index (χ1n) is 3.59. The molecule has 0 heterocycles. The van der Waals surface area contributed by atoms with Crippen molar-refractivity contribution in [2.75, 3.05) is 0 Å². The normalized spacial score (nSPS) is 22.7. The van der Waals surface area contributed by atoms with Crippen LogP contribution in [0.25, 0.3) is 0 Å². The Hall–Kier alpha value is -1.26. The first kappa shape index (κ1) is 9.83. The SMILES string of the molecule is O=C(C1C=CC(O)=CC1)C(F)(F)F. The lowest BCUT2D eigenvalue weighted by atomic mass is 9.95. The molecular weight excluding hydrogens is 185 g/mol. The minimum absolute atomic E-state index is 0.0966. The maximum absolute atomic E-state index is 11.9. The van der Waals surface area contributed by atoms with E-state index in [1.165, 1.54) is 6.08 Å². The van der Waals surface area contributed by atoms with Gasteiger partial charge >= 0.3 is 6.18 Å². The summed E-state index contributed by atoms with van der Waals surface area (Å²) in [5.41, 5.74) is 0. The van der Waals surface area contributed by atoms with Gasteiger partial charge in [-0.05, 0) is 18.6 Å². The van der Waals surface area contributed by atoms with E-state index in [4.69, 9.17) is 5.11 Å². The molecule has 0 amide bonds. The van der Waals surface area contributed by atoms with Gasteiger partial charge in [0.2, 0.25) is 5.78 Å². The first-order valence-corrected chi connectivity index (χ1v) is 3.59. The van der Waals surface area contributed by atoms with Gasteiger partial charge in [-0.25, -0.2) is 0 Å². The van der Waals surface area contributed by atoms with Crippen molar-refractivity contribution in [2.45, 2.75) is 12.6 Å². The number of rotatable bonds is 1. The molecule has 1 rings (SSSR count). The zero-order chi connectivity index (χ0) is 10.1. The predicted molar refractivity (Wildman–Crippen MR) is 39.0 cm³/mol. The highest BCUT2D eigenvalue weighted by molar-refractivity contribution is 5.88. The number of hydrogen-bond donors (Lipinski definition) is 1. The number of carbonyl (C=O) groups is 1. The van der Waals surface area contributed by atoms with E-state index < -0.39 is 17.9 Å². The Morgan fingerprint density at radius 1 is 1.54 bits per heavy atom. The Morgan fingerprint density at radius 2 is 2.15 bits per heavy atom. The number of alkyl halides is 3. The number of hydrogen-bond acceptors (Lipinski definition) is 2. The standard InChI is InChI=1S/C8H7F3O2/c9-8(10,11)7(13)5-1-3-6(12)4-2-5/h1,3-5,12H,2H2. The number of Topliss-reactive ketones (excluding diaryl/α,β-unsaturated/α-hetero) is 1. The molecule has 0 aromatic heterocycles. The highest BCUT2D eigenvalue weighted by atomic mass is 19.4. The molecule has 0 aromatic rings. The van der Waals surface area contributed by atoms with Crippen molar-refractivity contribution in [1.29, 1.82) is 0 Å².